The quantitative estimate of drug-likeness (QED) is 0.434. The molecule has 0 unspecified atom stereocenters. The molecule has 25 heavy (non-hydrogen) atoms. The molecule has 0 saturated heterocycles. The third-order valence-electron chi connectivity index (χ3n) is 3.62. The molecule has 2 rings (SSSR count). The molecule has 0 heterocycles. The van der Waals surface area contributed by atoms with Crippen molar-refractivity contribution >= 4 is 22.7 Å². The van der Waals surface area contributed by atoms with E-state index in [0.717, 1.165) is 5.69 Å². The highest BCUT2D eigenvalue weighted by Gasteiger charge is 2.08. The third kappa shape index (κ3) is 5.07. The topological polar surface area (TPSA) is 112 Å². The van der Waals surface area contributed by atoms with Gasteiger partial charge in [0.05, 0.1) is 29.5 Å². The van der Waals surface area contributed by atoms with E-state index >= 15 is 0 Å². The Morgan fingerprint density at radius 1 is 1.04 bits per heavy atom. The minimum absolute atomic E-state index is 0.000874. The van der Waals surface area contributed by atoms with Crippen LogP contribution in [0, 0.1) is 17.0 Å². The normalized spacial score (nSPS) is 11.0. The molecule has 8 heteroatoms. The summed E-state index contributed by atoms with van der Waals surface area (Å²) < 4.78 is 0. The zero-order valence-corrected chi connectivity index (χ0v) is 13.9. The van der Waals surface area contributed by atoms with Crippen molar-refractivity contribution in [3.05, 3.63) is 58.1 Å². The minimum Gasteiger partial charge on any atom is -0.395 e. The molecule has 0 saturated carbocycles. The van der Waals surface area contributed by atoms with Crippen molar-refractivity contribution in [1.29, 1.82) is 0 Å². The summed E-state index contributed by atoms with van der Waals surface area (Å²) in [6, 6.07) is 11.6. The number of hydrogen-bond donors (Lipinski definition) is 2. The Bertz CT molecular complexity index is 741. The van der Waals surface area contributed by atoms with Crippen LogP contribution in [0.25, 0.3) is 0 Å². The van der Waals surface area contributed by atoms with Crippen LogP contribution in [0.5, 0.6) is 0 Å². The van der Waals surface area contributed by atoms with Gasteiger partial charge in [-0.15, -0.1) is 0 Å². The largest absolute Gasteiger partial charge is 0.395 e. The van der Waals surface area contributed by atoms with Crippen molar-refractivity contribution in [2.45, 2.75) is 6.92 Å². The minimum atomic E-state index is -0.447. The Hall–Kier alpha value is -2.84. The van der Waals surface area contributed by atoms with Gasteiger partial charge >= 0.3 is 0 Å². The van der Waals surface area contributed by atoms with E-state index in [9.17, 15) is 10.1 Å². The molecule has 0 radical (unpaired) electrons. The van der Waals surface area contributed by atoms with Crippen LogP contribution < -0.4 is 4.90 Å². The molecule has 0 spiro atoms. The number of benzene rings is 2. The Morgan fingerprint density at radius 2 is 1.68 bits per heavy atom. The van der Waals surface area contributed by atoms with Crippen LogP contribution in [-0.2, 0) is 0 Å². The number of nitro groups is 1. The fourth-order valence-electron chi connectivity index (χ4n) is 2.32. The van der Waals surface area contributed by atoms with Gasteiger partial charge in [0.25, 0.3) is 5.69 Å². The maximum atomic E-state index is 10.7. The second kappa shape index (κ2) is 8.86. The Balaban J connectivity index is 2.12. The van der Waals surface area contributed by atoms with Gasteiger partial charge in [-0.1, -0.05) is 0 Å². The summed E-state index contributed by atoms with van der Waals surface area (Å²) in [6.45, 7) is 2.61. The molecule has 0 amide bonds. The number of non-ortho nitro benzene ring substituents is 1. The van der Waals surface area contributed by atoms with Crippen molar-refractivity contribution in [3.63, 3.8) is 0 Å². The van der Waals surface area contributed by atoms with Gasteiger partial charge in [-0.3, -0.25) is 10.1 Å². The lowest BCUT2D eigenvalue weighted by Crippen LogP contribution is -2.29. The molecular weight excluding hydrogens is 324 g/mol. The van der Waals surface area contributed by atoms with E-state index in [-0.39, 0.29) is 18.9 Å². The summed E-state index contributed by atoms with van der Waals surface area (Å²) in [5, 5.41) is 37.2. The van der Waals surface area contributed by atoms with Crippen molar-refractivity contribution < 1.29 is 15.1 Å². The molecule has 0 bridgehead atoms. The average molecular weight is 344 g/mol. The molecule has 2 aromatic rings. The van der Waals surface area contributed by atoms with Gasteiger partial charge in [-0.25, -0.2) is 0 Å². The monoisotopic (exact) mass is 344 g/mol. The zero-order valence-electron chi connectivity index (χ0n) is 13.9. The summed E-state index contributed by atoms with van der Waals surface area (Å²) >= 11 is 0. The number of nitrogens with zero attached hydrogens (tertiary/aromatic N) is 4. The van der Waals surface area contributed by atoms with Crippen molar-refractivity contribution in [1.82, 2.24) is 0 Å². The van der Waals surface area contributed by atoms with Crippen LogP contribution in [0.2, 0.25) is 0 Å². The van der Waals surface area contributed by atoms with Crippen LogP contribution in [-0.4, -0.2) is 41.4 Å². The number of rotatable bonds is 8. The van der Waals surface area contributed by atoms with Gasteiger partial charge in [0.15, 0.2) is 0 Å². The summed E-state index contributed by atoms with van der Waals surface area (Å²) in [7, 11) is 0. The van der Waals surface area contributed by atoms with Crippen molar-refractivity contribution in [3.8, 4) is 0 Å². The molecule has 0 aliphatic rings. The fourth-order valence-corrected chi connectivity index (χ4v) is 2.32. The van der Waals surface area contributed by atoms with Gasteiger partial charge in [-0.2, -0.15) is 10.2 Å². The number of nitro benzene ring substituents is 1. The Labute approximate surface area is 145 Å². The van der Waals surface area contributed by atoms with Crippen LogP contribution in [0.1, 0.15) is 5.56 Å². The highest BCUT2D eigenvalue weighted by Crippen LogP contribution is 2.26. The first-order valence-corrected chi connectivity index (χ1v) is 7.78. The van der Waals surface area contributed by atoms with E-state index in [4.69, 9.17) is 10.2 Å². The number of aryl methyl sites for hydroxylation is 1. The molecule has 132 valence electrons. The van der Waals surface area contributed by atoms with Crippen LogP contribution in [0.15, 0.2) is 52.7 Å². The van der Waals surface area contributed by atoms with Crippen LogP contribution in [0.4, 0.5) is 22.7 Å². The van der Waals surface area contributed by atoms with Gasteiger partial charge in [0.1, 0.15) is 0 Å². The van der Waals surface area contributed by atoms with Crippen molar-refractivity contribution in [2.75, 3.05) is 31.2 Å². The molecule has 0 aliphatic carbocycles. The second-order valence-electron chi connectivity index (χ2n) is 5.38. The first kappa shape index (κ1) is 18.5. The lowest BCUT2D eigenvalue weighted by molar-refractivity contribution is -0.384. The molecule has 0 aromatic heterocycles. The van der Waals surface area contributed by atoms with E-state index in [2.05, 4.69) is 10.2 Å². The number of hydrogen-bond acceptors (Lipinski definition) is 7. The SMILES string of the molecule is Cc1cc([N+](=O)[O-])ccc1N=Nc1ccc(N(CCO)CCO)cc1. The number of anilines is 1. The second-order valence-corrected chi connectivity index (χ2v) is 5.38. The predicted octanol–water partition coefficient (Wildman–Crippen LogP) is 3.11. The summed E-state index contributed by atoms with van der Waals surface area (Å²) in [5.74, 6) is 0. The Kier molecular flexibility index (Phi) is 6.55. The van der Waals surface area contributed by atoms with Gasteiger partial charge in [-0.05, 0) is 42.8 Å². The fraction of sp³-hybridized carbons (Fsp3) is 0.294. The maximum Gasteiger partial charge on any atom is 0.269 e. The highest BCUT2D eigenvalue weighted by molar-refractivity contribution is 5.54. The zero-order chi connectivity index (χ0) is 18.2. The van der Waals surface area contributed by atoms with E-state index in [1.54, 1.807) is 25.1 Å². The highest BCUT2D eigenvalue weighted by atomic mass is 16.6. The number of aliphatic hydroxyl groups is 2. The van der Waals surface area contributed by atoms with E-state index < -0.39 is 4.92 Å². The van der Waals surface area contributed by atoms with E-state index in [1.807, 2.05) is 17.0 Å². The number of azo groups is 1. The molecule has 0 atom stereocenters. The van der Waals surface area contributed by atoms with Crippen molar-refractivity contribution in [2.24, 2.45) is 10.2 Å². The molecule has 2 aromatic carbocycles. The number of aliphatic hydroxyl groups excluding tert-OH is 2. The lowest BCUT2D eigenvalue weighted by atomic mass is 10.2. The smallest absolute Gasteiger partial charge is 0.269 e. The predicted molar refractivity (Wildman–Crippen MR) is 94.8 cm³/mol. The molecule has 8 nitrogen and oxygen atoms in total. The van der Waals surface area contributed by atoms with Gasteiger partial charge in [0.2, 0.25) is 0 Å². The van der Waals surface area contributed by atoms with E-state index in [0.29, 0.717) is 30.0 Å². The first-order valence-electron chi connectivity index (χ1n) is 7.78. The molecular formula is C17H20N4O4. The third-order valence-corrected chi connectivity index (χ3v) is 3.62. The van der Waals surface area contributed by atoms with Gasteiger partial charge in [0, 0.05) is 30.9 Å². The summed E-state index contributed by atoms with van der Waals surface area (Å²) in [4.78, 5) is 12.2. The first-order chi connectivity index (χ1) is 12.0. The standard InChI is InChI=1S/C17H20N4O4/c1-13-12-16(21(24)25)6-7-17(13)19-18-14-2-4-15(5-3-14)20(8-10-22)9-11-23/h2-7,12,22-23H,8-11H2,1H3. The molecule has 0 aliphatic heterocycles. The lowest BCUT2D eigenvalue weighted by Gasteiger charge is -2.22. The van der Waals surface area contributed by atoms with Gasteiger partial charge < -0.3 is 15.1 Å². The summed E-state index contributed by atoms with van der Waals surface area (Å²) in [6.07, 6.45) is 0. The maximum absolute atomic E-state index is 10.7. The van der Waals surface area contributed by atoms with Crippen LogP contribution >= 0.6 is 0 Å². The molecule has 0 fully saturated rings. The van der Waals surface area contributed by atoms with E-state index in [1.165, 1.54) is 12.1 Å². The molecule has 2 N–H and O–H groups in total. The van der Waals surface area contributed by atoms with Crippen LogP contribution in [0.3, 0.4) is 0 Å². The Morgan fingerprint density at radius 3 is 2.20 bits per heavy atom. The average Bonchev–Trinajstić information content (AvgIpc) is 2.61. The summed E-state index contributed by atoms with van der Waals surface area (Å²) in [5.41, 5.74) is 2.76.